The molecule has 4 nitrogen and oxygen atoms in total. The lowest BCUT2D eigenvalue weighted by atomic mass is 9.85. The molecule has 2 N–H and O–H groups in total. The van der Waals surface area contributed by atoms with Crippen LogP contribution in [0.25, 0.3) is 0 Å². The highest BCUT2D eigenvalue weighted by Crippen LogP contribution is 2.31. The maximum absolute atomic E-state index is 5.03. The van der Waals surface area contributed by atoms with Gasteiger partial charge in [-0.2, -0.15) is 0 Å². The van der Waals surface area contributed by atoms with E-state index in [1.165, 1.54) is 23.4 Å². The number of H-pyrrole nitrogens is 1. The Balaban J connectivity index is 1.62. The molecule has 1 aliphatic carbocycles. The fourth-order valence-corrected chi connectivity index (χ4v) is 3.01. The first kappa shape index (κ1) is 14.3. The molecule has 0 saturated heterocycles. The number of hydrogen-bond acceptors (Lipinski definition) is 3. The van der Waals surface area contributed by atoms with Crippen LogP contribution in [0.1, 0.15) is 35.1 Å². The zero-order chi connectivity index (χ0) is 14.5. The fraction of sp³-hybridized carbons (Fsp3) is 0.471. The van der Waals surface area contributed by atoms with Crippen molar-refractivity contribution < 1.29 is 4.74 Å². The lowest BCUT2D eigenvalue weighted by molar-refractivity contribution is 0.199. The number of aromatic amines is 1. The Hall–Kier alpha value is -1.65. The van der Waals surface area contributed by atoms with Crippen LogP contribution in [0.5, 0.6) is 0 Å². The highest BCUT2D eigenvalue weighted by atomic mass is 16.5. The number of ether oxygens (including phenoxy) is 1. The number of hydrogen-bond donors (Lipinski definition) is 2. The van der Waals surface area contributed by atoms with Gasteiger partial charge < -0.3 is 15.0 Å². The van der Waals surface area contributed by atoms with Gasteiger partial charge in [0.25, 0.3) is 0 Å². The summed E-state index contributed by atoms with van der Waals surface area (Å²) in [6.07, 6.45) is 3.34. The largest absolute Gasteiger partial charge is 0.383 e. The molecule has 3 rings (SSSR count). The summed E-state index contributed by atoms with van der Waals surface area (Å²) in [6.45, 7) is 2.37. The van der Waals surface area contributed by atoms with Gasteiger partial charge in [0.15, 0.2) is 0 Å². The average molecular weight is 285 g/mol. The minimum absolute atomic E-state index is 0.619. The van der Waals surface area contributed by atoms with Crippen molar-refractivity contribution in [2.45, 2.75) is 31.7 Å². The molecule has 0 amide bonds. The van der Waals surface area contributed by atoms with Crippen LogP contribution in [-0.2, 0) is 24.1 Å². The minimum atomic E-state index is 0.619. The third-order valence-corrected chi connectivity index (χ3v) is 4.14. The Morgan fingerprint density at radius 1 is 1.33 bits per heavy atom. The Labute approximate surface area is 125 Å². The van der Waals surface area contributed by atoms with Crippen molar-refractivity contribution in [3.8, 4) is 0 Å². The summed E-state index contributed by atoms with van der Waals surface area (Å²) < 4.78 is 5.03. The van der Waals surface area contributed by atoms with Crippen molar-refractivity contribution in [1.29, 1.82) is 0 Å². The molecule has 1 aromatic heterocycles. The van der Waals surface area contributed by atoms with Gasteiger partial charge in [-0.3, -0.25) is 0 Å². The van der Waals surface area contributed by atoms with E-state index < -0.39 is 0 Å². The van der Waals surface area contributed by atoms with Gasteiger partial charge in [0.1, 0.15) is 5.82 Å². The Bertz CT molecular complexity index is 565. The molecular formula is C17H23N3O. The van der Waals surface area contributed by atoms with Gasteiger partial charge in [-0.25, -0.2) is 4.98 Å². The first-order chi connectivity index (χ1) is 10.4. The molecule has 4 heteroatoms. The van der Waals surface area contributed by atoms with Gasteiger partial charge in [0, 0.05) is 19.3 Å². The summed E-state index contributed by atoms with van der Waals surface area (Å²) in [4.78, 5) is 8.21. The second-order valence-corrected chi connectivity index (χ2v) is 5.63. The van der Waals surface area contributed by atoms with Gasteiger partial charge in [-0.05, 0) is 30.7 Å². The second-order valence-electron chi connectivity index (χ2n) is 5.63. The van der Waals surface area contributed by atoms with Crippen LogP contribution in [0, 0.1) is 0 Å². The summed E-state index contributed by atoms with van der Waals surface area (Å²) in [5.74, 6) is 1.67. The third kappa shape index (κ3) is 3.52. The Morgan fingerprint density at radius 2 is 2.19 bits per heavy atom. The van der Waals surface area contributed by atoms with Gasteiger partial charge in [0.2, 0.25) is 0 Å². The summed E-state index contributed by atoms with van der Waals surface area (Å²) in [7, 11) is 1.72. The van der Waals surface area contributed by atoms with E-state index in [-0.39, 0.29) is 0 Å². The van der Waals surface area contributed by atoms with Crippen LogP contribution >= 0.6 is 0 Å². The molecular weight excluding hydrogens is 262 g/mol. The topological polar surface area (TPSA) is 49.9 Å². The molecule has 1 heterocycles. The third-order valence-electron chi connectivity index (χ3n) is 4.14. The molecule has 21 heavy (non-hydrogen) atoms. The number of aryl methyl sites for hydroxylation is 1. The summed E-state index contributed by atoms with van der Waals surface area (Å²) >= 11 is 0. The smallest absolute Gasteiger partial charge is 0.120 e. The molecule has 0 spiro atoms. The molecule has 0 radical (unpaired) electrons. The van der Waals surface area contributed by atoms with Crippen LogP contribution in [-0.4, -0.2) is 30.2 Å². The van der Waals surface area contributed by atoms with Gasteiger partial charge in [-0.1, -0.05) is 30.3 Å². The first-order valence-corrected chi connectivity index (χ1v) is 7.68. The number of imidazole rings is 1. The molecule has 1 unspecified atom stereocenters. The number of methoxy groups -OCH3 is 1. The van der Waals surface area contributed by atoms with Crippen molar-refractivity contribution in [3.05, 3.63) is 53.1 Å². The van der Waals surface area contributed by atoms with E-state index in [2.05, 4.69) is 40.6 Å². The summed E-state index contributed by atoms with van der Waals surface area (Å²) in [6, 6.07) is 10.8. The molecule has 0 aliphatic heterocycles. The highest BCUT2D eigenvalue weighted by molar-refractivity contribution is 5.27. The molecule has 112 valence electrons. The van der Waals surface area contributed by atoms with Crippen molar-refractivity contribution in [2.75, 3.05) is 20.3 Å². The Kier molecular flexibility index (Phi) is 4.68. The molecule has 0 saturated carbocycles. The quantitative estimate of drug-likeness (QED) is 0.801. The summed E-state index contributed by atoms with van der Waals surface area (Å²) in [5, 5.41) is 3.34. The number of nitrogens with zero attached hydrogens (tertiary/aromatic N) is 1. The number of aromatic nitrogens is 2. The van der Waals surface area contributed by atoms with E-state index >= 15 is 0 Å². The maximum atomic E-state index is 5.03. The van der Waals surface area contributed by atoms with Crippen LogP contribution in [0.15, 0.2) is 30.3 Å². The maximum Gasteiger partial charge on any atom is 0.120 e. The monoisotopic (exact) mass is 285 g/mol. The molecule has 1 atom stereocenters. The highest BCUT2D eigenvalue weighted by Gasteiger charge is 2.22. The van der Waals surface area contributed by atoms with Crippen molar-refractivity contribution in [1.82, 2.24) is 15.3 Å². The van der Waals surface area contributed by atoms with Crippen LogP contribution in [0.2, 0.25) is 0 Å². The lowest BCUT2D eigenvalue weighted by Gasteiger charge is -2.21. The van der Waals surface area contributed by atoms with E-state index in [0.29, 0.717) is 5.92 Å². The van der Waals surface area contributed by atoms with Crippen LogP contribution in [0.3, 0.4) is 0 Å². The zero-order valence-electron chi connectivity index (χ0n) is 12.6. The zero-order valence-corrected chi connectivity index (χ0v) is 12.6. The van der Waals surface area contributed by atoms with E-state index in [0.717, 1.165) is 38.4 Å². The van der Waals surface area contributed by atoms with Crippen molar-refractivity contribution in [2.24, 2.45) is 0 Å². The normalized spacial score (nSPS) is 17.7. The Morgan fingerprint density at radius 3 is 3.00 bits per heavy atom. The van der Waals surface area contributed by atoms with Crippen molar-refractivity contribution in [3.63, 3.8) is 0 Å². The summed E-state index contributed by atoms with van der Waals surface area (Å²) in [5.41, 5.74) is 4.02. The van der Waals surface area contributed by atoms with Crippen LogP contribution in [0.4, 0.5) is 0 Å². The molecule has 2 aromatic rings. The number of rotatable bonds is 6. The molecule has 0 fully saturated rings. The van der Waals surface area contributed by atoms with E-state index in [4.69, 9.17) is 9.72 Å². The predicted octanol–water partition coefficient (Wildman–Crippen LogP) is 2.42. The van der Waals surface area contributed by atoms with E-state index in [9.17, 15) is 0 Å². The van der Waals surface area contributed by atoms with E-state index in [1.54, 1.807) is 7.11 Å². The lowest BCUT2D eigenvalue weighted by Crippen LogP contribution is -2.19. The van der Waals surface area contributed by atoms with Gasteiger partial charge >= 0.3 is 0 Å². The minimum Gasteiger partial charge on any atom is -0.383 e. The SMILES string of the molecule is COCCNCc1nc2c([nH]1)CC(c1ccccc1)CC2. The number of benzene rings is 1. The fourth-order valence-electron chi connectivity index (χ4n) is 3.01. The average Bonchev–Trinajstić information content (AvgIpc) is 2.94. The van der Waals surface area contributed by atoms with Crippen LogP contribution < -0.4 is 5.32 Å². The second kappa shape index (κ2) is 6.87. The first-order valence-electron chi connectivity index (χ1n) is 7.68. The molecule has 0 bridgehead atoms. The standard InChI is InChI=1S/C17H23N3O/c1-21-10-9-18-12-17-19-15-8-7-14(11-16(15)20-17)13-5-3-2-4-6-13/h2-6,14,18H,7-12H2,1H3,(H,19,20). The van der Waals surface area contributed by atoms with Gasteiger partial charge in [-0.15, -0.1) is 0 Å². The van der Waals surface area contributed by atoms with E-state index in [1.807, 2.05) is 0 Å². The molecule has 1 aliphatic rings. The van der Waals surface area contributed by atoms with Gasteiger partial charge in [0.05, 0.1) is 18.8 Å². The number of fused-ring (bicyclic) bond motifs is 1. The predicted molar refractivity (Wildman–Crippen MR) is 83.4 cm³/mol. The number of nitrogens with one attached hydrogen (secondary N) is 2. The molecule has 1 aromatic carbocycles. The van der Waals surface area contributed by atoms with Crippen molar-refractivity contribution >= 4 is 0 Å².